The van der Waals surface area contributed by atoms with Crippen molar-refractivity contribution in [1.82, 2.24) is 15.1 Å². The molecule has 3 saturated heterocycles. The second-order valence-corrected chi connectivity index (χ2v) is 6.09. The molecule has 0 saturated carbocycles. The average molecular weight is 247 g/mol. The van der Waals surface area contributed by atoms with Crippen molar-refractivity contribution >= 4 is 0 Å². The Balaban J connectivity index is 1.52. The van der Waals surface area contributed by atoms with Gasteiger partial charge < -0.3 is 5.32 Å². The molecule has 0 amide bonds. The van der Waals surface area contributed by atoms with E-state index in [4.69, 9.17) is 0 Å². The van der Waals surface area contributed by atoms with Crippen LogP contribution in [0.25, 0.3) is 0 Å². The van der Waals surface area contributed by atoms with Crippen molar-refractivity contribution in [2.24, 2.45) is 0 Å². The van der Waals surface area contributed by atoms with Gasteiger partial charge in [0.15, 0.2) is 0 Å². The maximum atomic E-state index is 3.43. The van der Waals surface area contributed by atoms with Crippen LogP contribution in [0.4, 0.5) is 0 Å². The Labute approximate surface area is 111 Å². The van der Waals surface area contributed by atoms with Gasteiger partial charge in [0.1, 0.15) is 0 Å². The lowest BCUT2D eigenvalue weighted by molar-refractivity contribution is -0.0681. The summed E-state index contributed by atoms with van der Waals surface area (Å²) >= 11 is 0. The average Bonchev–Trinajstić information content (AvgIpc) is 2.31. The third kappa shape index (κ3) is 2.18. The molecule has 0 spiro atoms. The highest BCUT2D eigenvalue weighted by atomic mass is 15.4. The van der Waals surface area contributed by atoms with E-state index in [-0.39, 0.29) is 0 Å². The van der Waals surface area contributed by atoms with Crippen LogP contribution in [0, 0.1) is 11.8 Å². The highest BCUT2D eigenvalue weighted by molar-refractivity contribution is 5.14. The fourth-order valence-electron chi connectivity index (χ4n) is 3.48. The number of hydrogen-bond acceptors (Lipinski definition) is 3. The molecule has 100 valence electrons. The zero-order valence-corrected chi connectivity index (χ0v) is 11.5. The zero-order chi connectivity index (χ0) is 12.4. The highest BCUT2D eigenvalue weighted by Crippen LogP contribution is 2.31. The van der Waals surface area contributed by atoms with Gasteiger partial charge in [-0.15, -0.1) is 11.8 Å². The minimum atomic E-state index is 0.370. The van der Waals surface area contributed by atoms with Gasteiger partial charge in [-0.05, 0) is 32.9 Å². The second-order valence-electron chi connectivity index (χ2n) is 6.09. The number of piperidine rings is 1. The summed E-state index contributed by atoms with van der Waals surface area (Å²) in [5.74, 6) is 6.34. The number of likely N-dealkylation sites (tertiary alicyclic amines) is 2. The first-order valence-electron chi connectivity index (χ1n) is 7.43. The third-order valence-corrected chi connectivity index (χ3v) is 4.94. The molecule has 3 aliphatic heterocycles. The van der Waals surface area contributed by atoms with E-state index in [0.29, 0.717) is 5.54 Å². The first-order valence-corrected chi connectivity index (χ1v) is 7.43. The van der Waals surface area contributed by atoms with Gasteiger partial charge >= 0.3 is 0 Å². The number of rotatable bonds is 3. The van der Waals surface area contributed by atoms with Crippen molar-refractivity contribution in [2.45, 2.75) is 44.2 Å². The van der Waals surface area contributed by atoms with Crippen LogP contribution in [-0.2, 0) is 0 Å². The first-order chi connectivity index (χ1) is 8.84. The Kier molecular flexibility index (Phi) is 3.61. The monoisotopic (exact) mass is 247 g/mol. The molecule has 1 N–H and O–H groups in total. The summed E-state index contributed by atoms with van der Waals surface area (Å²) in [6.07, 6.45) is 5.30. The maximum absolute atomic E-state index is 3.43. The van der Waals surface area contributed by atoms with Crippen LogP contribution < -0.4 is 5.32 Å². The van der Waals surface area contributed by atoms with Crippen LogP contribution in [0.2, 0.25) is 0 Å². The summed E-state index contributed by atoms with van der Waals surface area (Å²) in [6.45, 7) is 9.42. The third-order valence-electron chi connectivity index (χ3n) is 4.94. The lowest BCUT2D eigenvalue weighted by atomic mass is 9.82. The highest BCUT2D eigenvalue weighted by Gasteiger charge is 2.48. The predicted octanol–water partition coefficient (Wildman–Crippen LogP) is 0.912. The first kappa shape index (κ1) is 12.5. The molecule has 0 aromatic heterocycles. The van der Waals surface area contributed by atoms with E-state index in [0.717, 1.165) is 25.6 Å². The van der Waals surface area contributed by atoms with E-state index in [1.807, 2.05) is 6.92 Å². The summed E-state index contributed by atoms with van der Waals surface area (Å²) < 4.78 is 0. The van der Waals surface area contributed by atoms with Gasteiger partial charge in [0.05, 0.1) is 5.54 Å². The number of hydrogen-bond donors (Lipinski definition) is 1. The smallest absolute Gasteiger partial charge is 0.0568 e. The van der Waals surface area contributed by atoms with Gasteiger partial charge in [0.25, 0.3) is 0 Å². The van der Waals surface area contributed by atoms with E-state index < -0.39 is 0 Å². The van der Waals surface area contributed by atoms with Gasteiger partial charge in [-0.25, -0.2) is 0 Å². The molecule has 3 heterocycles. The lowest BCUT2D eigenvalue weighted by Crippen LogP contribution is -2.76. The standard InChI is InChI=1S/C15H25N3/c1-2-3-7-15(12-16-13-15)18-10-14(11-18)17-8-5-4-6-9-17/h14,16H,4-13H2,1H3. The molecule has 3 heteroatoms. The van der Waals surface area contributed by atoms with Crippen molar-refractivity contribution < 1.29 is 0 Å². The van der Waals surface area contributed by atoms with Crippen molar-refractivity contribution in [1.29, 1.82) is 0 Å². The summed E-state index contributed by atoms with van der Waals surface area (Å²) in [5, 5.41) is 3.43. The van der Waals surface area contributed by atoms with Crippen molar-refractivity contribution in [3.05, 3.63) is 0 Å². The van der Waals surface area contributed by atoms with E-state index in [1.54, 1.807) is 0 Å². The molecule has 3 nitrogen and oxygen atoms in total. The minimum absolute atomic E-state index is 0.370. The van der Waals surface area contributed by atoms with Crippen LogP contribution in [0.15, 0.2) is 0 Å². The van der Waals surface area contributed by atoms with Gasteiger partial charge in [-0.3, -0.25) is 9.80 Å². The topological polar surface area (TPSA) is 18.5 Å². The molecule has 0 atom stereocenters. The molecule has 0 aromatic rings. The Hall–Kier alpha value is -0.560. The molecule has 0 aromatic carbocycles. The Morgan fingerprint density at radius 3 is 2.44 bits per heavy atom. The molecule has 0 unspecified atom stereocenters. The quantitative estimate of drug-likeness (QED) is 0.748. The van der Waals surface area contributed by atoms with Crippen LogP contribution >= 0.6 is 0 Å². The summed E-state index contributed by atoms with van der Waals surface area (Å²) in [7, 11) is 0. The minimum Gasteiger partial charge on any atom is -0.313 e. The normalized spacial score (nSPS) is 28.9. The molecule has 0 radical (unpaired) electrons. The molecule has 3 aliphatic rings. The lowest BCUT2D eigenvalue weighted by Gasteiger charge is -2.58. The summed E-state index contributed by atoms with van der Waals surface area (Å²) in [4.78, 5) is 5.39. The van der Waals surface area contributed by atoms with Gasteiger partial charge in [0, 0.05) is 38.6 Å². The fourth-order valence-corrected chi connectivity index (χ4v) is 3.48. The molecular weight excluding hydrogens is 222 g/mol. The predicted molar refractivity (Wildman–Crippen MR) is 74.5 cm³/mol. The molecule has 3 rings (SSSR count). The van der Waals surface area contributed by atoms with Gasteiger partial charge in [0.2, 0.25) is 0 Å². The molecule has 0 bridgehead atoms. The van der Waals surface area contributed by atoms with E-state index in [2.05, 4.69) is 27.0 Å². The fraction of sp³-hybridized carbons (Fsp3) is 0.867. The van der Waals surface area contributed by atoms with Crippen LogP contribution in [0.1, 0.15) is 32.6 Å². The molecule has 18 heavy (non-hydrogen) atoms. The molecular formula is C15H25N3. The van der Waals surface area contributed by atoms with Crippen molar-refractivity contribution in [3.8, 4) is 11.8 Å². The van der Waals surface area contributed by atoms with Crippen LogP contribution in [-0.4, -0.2) is 60.6 Å². The van der Waals surface area contributed by atoms with Crippen molar-refractivity contribution in [2.75, 3.05) is 39.3 Å². The van der Waals surface area contributed by atoms with Crippen molar-refractivity contribution in [3.63, 3.8) is 0 Å². The van der Waals surface area contributed by atoms with E-state index in [1.165, 1.54) is 45.4 Å². The summed E-state index contributed by atoms with van der Waals surface area (Å²) in [6, 6.07) is 0.831. The SMILES string of the molecule is CC#CCC1(N2CC(N3CCCCC3)C2)CNC1. The Morgan fingerprint density at radius 2 is 1.89 bits per heavy atom. The molecule has 0 aliphatic carbocycles. The van der Waals surface area contributed by atoms with Gasteiger partial charge in [-0.2, -0.15) is 0 Å². The second kappa shape index (κ2) is 5.21. The van der Waals surface area contributed by atoms with Gasteiger partial charge in [-0.1, -0.05) is 6.42 Å². The molecule has 3 fully saturated rings. The number of nitrogens with zero attached hydrogens (tertiary/aromatic N) is 2. The number of nitrogens with one attached hydrogen (secondary N) is 1. The van der Waals surface area contributed by atoms with E-state index in [9.17, 15) is 0 Å². The van der Waals surface area contributed by atoms with Crippen LogP contribution in [0.5, 0.6) is 0 Å². The zero-order valence-electron chi connectivity index (χ0n) is 11.5. The maximum Gasteiger partial charge on any atom is 0.0568 e. The summed E-state index contributed by atoms with van der Waals surface area (Å²) in [5.41, 5.74) is 0.370. The van der Waals surface area contributed by atoms with E-state index >= 15 is 0 Å². The Bertz CT molecular complexity index is 338. The van der Waals surface area contributed by atoms with Crippen LogP contribution in [0.3, 0.4) is 0 Å². The largest absolute Gasteiger partial charge is 0.313 e. The Morgan fingerprint density at radius 1 is 1.17 bits per heavy atom.